The lowest BCUT2D eigenvalue weighted by Crippen LogP contribution is -2.23. The van der Waals surface area contributed by atoms with E-state index in [0.29, 0.717) is 16.6 Å². The summed E-state index contributed by atoms with van der Waals surface area (Å²) in [5.41, 5.74) is 2.67. The largest absolute Gasteiger partial charge is 0.481 e. The number of nitrogens with one attached hydrogen (secondary N) is 2. The fourth-order valence-corrected chi connectivity index (χ4v) is 3.02. The molecule has 2 aromatic rings. The zero-order valence-electron chi connectivity index (χ0n) is 14.1. The topological polar surface area (TPSA) is 61.4 Å². The van der Waals surface area contributed by atoms with E-state index in [4.69, 9.17) is 28.3 Å². The lowest BCUT2D eigenvalue weighted by atomic mass is 10.1. The first-order valence-corrected chi connectivity index (χ1v) is 9.00. The third-order valence-corrected chi connectivity index (χ3v) is 4.43. The van der Waals surface area contributed by atoms with Gasteiger partial charge in [0, 0.05) is 22.6 Å². The van der Waals surface area contributed by atoms with Crippen LogP contribution in [0.25, 0.3) is 0 Å². The van der Waals surface area contributed by atoms with Gasteiger partial charge in [0.1, 0.15) is 0 Å². The minimum Gasteiger partial charge on any atom is -0.481 e. The summed E-state index contributed by atoms with van der Waals surface area (Å²) in [6.07, 6.45) is 1.79. The Morgan fingerprint density at radius 1 is 1.16 bits per heavy atom. The summed E-state index contributed by atoms with van der Waals surface area (Å²) >= 11 is 12.2. The van der Waals surface area contributed by atoms with Crippen LogP contribution in [-0.4, -0.2) is 17.1 Å². The van der Waals surface area contributed by atoms with Crippen LogP contribution in [0, 0.1) is 0 Å². The summed E-state index contributed by atoms with van der Waals surface area (Å²) < 4.78 is 0. The molecule has 0 spiro atoms. The van der Waals surface area contributed by atoms with Gasteiger partial charge in [0.05, 0.1) is 17.8 Å². The molecule has 0 aliphatic heterocycles. The van der Waals surface area contributed by atoms with Gasteiger partial charge in [0.15, 0.2) is 0 Å². The van der Waals surface area contributed by atoms with Gasteiger partial charge in [-0.05, 0) is 42.3 Å². The summed E-state index contributed by atoms with van der Waals surface area (Å²) in [6, 6.07) is 13.0. The van der Waals surface area contributed by atoms with Crippen LogP contribution in [0.1, 0.15) is 31.7 Å². The number of benzene rings is 2. The van der Waals surface area contributed by atoms with Gasteiger partial charge in [-0.2, -0.15) is 0 Å². The molecule has 134 valence electrons. The molecule has 1 unspecified atom stereocenters. The quantitative estimate of drug-likeness (QED) is 0.524. The van der Waals surface area contributed by atoms with Gasteiger partial charge in [0.2, 0.25) is 0 Å². The highest BCUT2D eigenvalue weighted by atomic mass is 35.5. The van der Waals surface area contributed by atoms with Crippen molar-refractivity contribution in [3.05, 3.63) is 58.1 Å². The molecule has 0 aliphatic carbocycles. The molecule has 25 heavy (non-hydrogen) atoms. The van der Waals surface area contributed by atoms with Gasteiger partial charge in [-0.15, -0.1) is 0 Å². The molecule has 2 aromatic carbocycles. The van der Waals surface area contributed by atoms with Crippen molar-refractivity contribution in [3.63, 3.8) is 0 Å². The van der Waals surface area contributed by atoms with Crippen LogP contribution in [0.3, 0.4) is 0 Å². The molecule has 2 rings (SSSR count). The molecule has 3 N–H and O–H groups in total. The van der Waals surface area contributed by atoms with Gasteiger partial charge < -0.3 is 15.7 Å². The summed E-state index contributed by atoms with van der Waals surface area (Å²) in [5.74, 6) is -0.804. The van der Waals surface area contributed by atoms with Crippen molar-refractivity contribution in [2.24, 2.45) is 0 Å². The van der Waals surface area contributed by atoms with Gasteiger partial charge >= 0.3 is 5.97 Å². The monoisotopic (exact) mass is 380 g/mol. The fourth-order valence-electron chi connectivity index (χ4n) is 2.64. The number of hydrogen-bond donors (Lipinski definition) is 3. The van der Waals surface area contributed by atoms with E-state index < -0.39 is 5.97 Å². The second-order valence-corrected chi connectivity index (χ2v) is 6.71. The number of carbonyl (C=O) groups is 1. The molecule has 0 fully saturated rings. The van der Waals surface area contributed by atoms with Crippen molar-refractivity contribution < 1.29 is 9.90 Å². The van der Waals surface area contributed by atoms with E-state index in [2.05, 4.69) is 10.6 Å². The zero-order valence-corrected chi connectivity index (χ0v) is 15.6. The fraction of sp³-hybridized carbons (Fsp3) is 0.316. The molecule has 0 aliphatic rings. The first-order chi connectivity index (χ1) is 12.0. The zero-order chi connectivity index (χ0) is 18.2. The standard InChI is InChI=1S/C19H22Cl2N2O2/c1-2-5-15(11-19(24)25)23-18-7-4-3-6-17(18)22-12-13-10-14(20)8-9-16(13)21/h3-4,6-10,15,22-23H,2,5,11-12H2,1H3,(H,24,25). The third-order valence-electron chi connectivity index (χ3n) is 3.82. The van der Waals surface area contributed by atoms with Gasteiger partial charge in [-0.25, -0.2) is 0 Å². The molecule has 0 saturated heterocycles. The average molecular weight is 381 g/mol. The van der Waals surface area contributed by atoms with E-state index >= 15 is 0 Å². The second-order valence-electron chi connectivity index (χ2n) is 5.86. The molecule has 0 saturated carbocycles. The van der Waals surface area contributed by atoms with Crippen LogP contribution in [0.15, 0.2) is 42.5 Å². The van der Waals surface area contributed by atoms with Crippen LogP contribution < -0.4 is 10.6 Å². The van der Waals surface area contributed by atoms with E-state index in [-0.39, 0.29) is 12.5 Å². The number of halogens is 2. The number of anilines is 2. The van der Waals surface area contributed by atoms with Crippen LogP contribution in [0.4, 0.5) is 11.4 Å². The van der Waals surface area contributed by atoms with Gasteiger partial charge in [0.25, 0.3) is 0 Å². The van der Waals surface area contributed by atoms with Crippen molar-refractivity contribution >= 4 is 40.5 Å². The van der Waals surface area contributed by atoms with Crippen LogP contribution in [-0.2, 0) is 11.3 Å². The maximum absolute atomic E-state index is 11.1. The minimum atomic E-state index is -0.804. The van der Waals surface area contributed by atoms with E-state index in [9.17, 15) is 4.79 Å². The van der Waals surface area contributed by atoms with Crippen molar-refractivity contribution in [2.75, 3.05) is 10.6 Å². The lowest BCUT2D eigenvalue weighted by molar-refractivity contribution is -0.137. The van der Waals surface area contributed by atoms with Crippen molar-refractivity contribution in [1.82, 2.24) is 0 Å². The highest BCUT2D eigenvalue weighted by Crippen LogP contribution is 2.26. The Hall–Kier alpha value is -1.91. The molecular weight excluding hydrogens is 359 g/mol. The Labute approximate surface area is 158 Å². The Balaban J connectivity index is 2.11. The Kier molecular flexibility index (Phi) is 7.41. The first-order valence-electron chi connectivity index (χ1n) is 8.24. The van der Waals surface area contributed by atoms with Crippen molar-refractivity contribution in [1.29, 1.82) is 0 Å². The van der Waals surface area contributed by atoms with Crippen LogP contribution >= 0.6 is 23.2 Å². The molecular formula is C19H22Cl2N2O2. The summed E-state index contributed by atoms with van der Waals surface area (Å²) in [5, 5.41) is 17.1. The number of carboxylic acids is 1. The predicted molar refractivity (Wildman–Crippen MR) is 105 cm³/mol. The third kappa shape index (κ3) is 6.15. The number of aliphatic carboxylic acids is 1. The Bertz CT molecular complexity index is 722. The lowest BCUT2D eigenvalue weighted by Gasteiger charge is -2.20. The van der Waals surface area contributed by atoms with E-state index in [0.717, 1.165) is 29.8 Å². The maximum Gasteiger partial charge on any atom is 0.305 e. The highest BCUT2D eigenvalue weighted by Gasteiger charge is 2.14. The summed E-state index contributed by atoms with van der Waals surface area (Å²) in [6.45, 7) is 2.57. The first kappa shape index (κ1) is 19.4. The molecule has 4 nitrogen and oxygen atoms in total. The highest BCUT2D eigenvalue weighted by molar-refractivity contribution is 6.33. The van der Waals surface area contributed by atoms with Crippen LogP contribution in [0.5, 0.6) is 0 Å². The van der Waals surface area contributed by atoms with Gasteiger partial charge in [-0.1, -0.05) is 48.7 Å². The minimum absolute atomic E-state index is 0.0856. The molecule has 1 atom stereocenters. The molecule has 0 bridgehead atoms. The van der Waals surface area contributed by atoms with Crippen molar-refractivity contribution in [2.45, 2.75) is 38.8 Å². The molecule has 0 amide bonds. The predicted octanol–water partition coefficient (Wildman–Crippen LogP) is 5.66. The molecule has 0 aromatic heterocycles. The average Bonchev–Trinajstić information content (AvgIpc) is 2.56. The number of para-hydroxylation sites is 2. The number of rotatable bonds is 9. The van der Waals surface area contributed by atoms with Gasteiger partial charge in [-0.3, -0.25) is 4.79 Å². The number of carboxylic acid groups (broad SMARTS) is 1. The number of hydrogen-bond acceptors (Lipinski definition) is 3. The Morgan fingerprint density at radius 3 is 2.56 bits per heavy atom. The summed E-state index contributed by atoms with van der Waals surface area (Å²) in [7, 11) is 0. The molecule has 0 radical (unpaired) electrons. The Morgan fingerprint density at radius 2 is 1.88 bits per heavy atom. The van der Waals surface area contributed by atoms with Crippen LogP contribution in [0.2, 0.25) is 10.0 Å². The summed E-state index contributed by atoms with van der Waals surface area (Å²) in [4.78, 5) is 11.1. The SMILES string of the molecule is CCCC(CC(=O)O)Nc1ccccc1NCc1cc(Cl)ccc1Cl. The normalized spacial score (nSPS) is 11.8. The van der Waals surface area contributed by atoms with E-state index in [1.54, 1.807) is 12.1 Å². The molecule has 6 heteroatoms. The second kappa shape index (κ2) is 9.54. The van der Waals surface area contributed by atoms with Crippen molar-refractivity contribution in [3.8, 4) is 0 Å². The van der Waals surface area contributed by atoms with E-state index in [1.165, 1.54) is 0 Å². The maximum atomic E-state index is 11.1. The van der Waals surface area contributed by atoms with E-state index in [1.807, 2.05) is 37.3 Å². The smallest absolute Gasteiger partial charge is 0.305 e. The molecule has 0 heterocycles.